The molecule has 35 heavy (non-hydrogen) atoms. The number of rotatable bonds is 8. The summed E-state index contributed by atoms with van der Waals surface area (Å²) in [6.45, 7) is 2.58. The lowest BCUT2D eigenvalue weighted by Crippen LogP contribution is -2.15. The fraction of sp³-hybridized carbons (Fsp3) is 0.154. The molecule has 3 aromatic heterocycles. The molecule has 0 spiro atoms. The molecule has 3 heterocycles. The van der Waals surface area contributed by atoms with E-state index in [1.54, 1.807) is 12.3 Å². The molecule has 7 nitrogen and oxygen atoms in total. The van der Waals surface area contributed by atoms with E-state index in [1.165, 1.54) is 16.2 Å². The van der Waals surface area contributed by atoms with Crippen LogP contribution in [0.2, 0.25) is 0 Å². The number of aromatic nitrogens is 5. The standard InChI is InChI=1S/C26H22BrN5O2S/c1-2-34-22-11-9-21(10-12-22)32-24(14-18-6-4-3-5-7-18)29-30-26(32)35-17-20-15-25(33)31-16-19(27)8-13-23(31)28-20/h3-13,15-16H,2,14,17H2,1H3. The fourth-order valence-electron chi connectivity index (χ4n) is 3.74. The topological polar surface area (TPSA) is 74.3 Å². The summed E-state index contributed by atoms with van der Waals surface area (Å²) in [5.41, 5.74) is 3.27. The van der Waals surface area contributed by atoms with Crippen LogP contribution in [-0.2, 0) is 12.2 Å². The SMILES string of the molecule is CCOc1ccc(-n2c(Cc3ccccc3)nnc2SCc2cc(=O)n3cc(Br)ccc3n2)cc1. The van der Waals surface area contributed by atoms with E-state index < -0.39 is 0 Å². The quantitative estimate of drug-likeness (QED) is 0.245. The molecule has 5 rings (SSSR count). The molecule has 0 saturated heterocycles. The van der Waals surface area contributed by atoms with Crippen molar-refractivity contribution < 1.29 is 4.74 Å². The first-order valence-corrected chi connectivity index (χ1v) is 12.9. The van der Waals surface area contributed by atoms with Gasteiger partial charge in [-0.1, -0.05) is 42.1 Å². The van der Waals surface area contributed by atoms with E-state index in [4.69, 9.17) is 4.74 Å². The van der Waals surface area contributed by atoms with E-state index in [9.17, 15) is 4.79 Å². The first-order chi connectivity index (χ1) is 17.1. The Labute approximate surface area is 215 Å². The van der Waals surface area contributed by atoms with Crippen molar-refractivity contribution in [3.8, 4) is 11.4 Å². The van der Waals surface area contributed by atoms with E-state index >= 15 is 0 Å². The average molecular weight is 548 g/mol. The van der Waals surface area contributed by atoms with Gasteiger partial charge in [0.15, 0.2) is 5.16 Å². The Kier molecular flexibility index (Phi) is 6.96. The van der Waals surface area contributed by atoms with Crippen molar-refractivity contribution >= 4 is 33.3 Å². The molecule has 0 aliphatic heterocycles. The summed E-state index contributed by atoms with van der Waals surface area (Å²) in [4.78, 5) is 17.2. The van der Waals surface area contributed by atoms with Gasteiger partial charge >= 0.3 is 0 Å². The smallest absolute Gasteiger partial charge is 0.258 e. The zero-order valence-corrected chi connectivity index (χ0v) is 21.4. The minimum Gasteiger partial charge on any atom is -0.494 e. The Bertz CT molecular complexity index is 1520. The average Bonchev–Trinajstić information content (AvgIpc) is 3.27. The third-order valence-corrected chi connectivity index (χ3v) is 6.77. The summed E-state index contributed by atoms with van der Waals surface area (Å²) >= 11 is 4.90. The molecule has 0 fully saturated rings. The van der Waals surface area contributed by atoms with Crippen LogP contribution in [0.1, 0.15) is 24.0 Å². The molecular weight excluding hydrogens is 526 g/mol. The third-order valence-electron chi connectivity index (χ3n) is 5.34. The Morgan fingerprint density at radius 2 is 1.80 bits per heavy atom. The first-order valence-electron chi connectivity index (χ1n) is 11.1. The molecule has 0 atom stereocenters. The molecule has 0 aliphatic carbocycles. The highest BCUT2D eigenvalue weighted by Crippen LogP contribution is 2.27. The summed E-state index contributed by atoms with van der Waals surface area (Å²) in [6, 6.07) is 23.4. The van der Waals surface area contributed by atoms with Crippen molar-refractivity contribution in [3.63, 3.8) is 0 Å². The van der Waals surface area contributed by atoms with Crippen LogP contribution in [0.5, 0.6) is 5.75 Å². The lowest BCUT2D eigenvalue weighted by molar-refractivity contribution is 0.340. The van der Waals surface area contributed by atoms with Crippen LogP contribution in [-0.4, -0.2) is 30.8 Å². The number of halogens is 1. The predicted molar refractivity (Wildman–Crippen MR) is 140 cm³/mol. The molecular formula is C26H22BrN5O2S. The molecule has 0 unspecified atom stereocenters. The zero-order valence-electron chi connectivity index (χ0n) is 19.0. The molecule has 0 N–H and O–H groups in total. The molecule has 0 aliphatic rings. The maximum absolute atomic E-state index is 12.6. The Morgan fingerprint density at radius 3 is 2.57 bits per heavy atom. The number of pyridine rings is 1. The van der Waals surface area contributed by atoms with Crippen molar-refractivity contribution in [1.29, 1.82) is 0 Å². The lowest BCUT2D eigenvalue weighted by Gasteiger charge is -2.12. The van der Waals surface area contributed by atoms with Crippen LogP contribution < -0.4 is 10.3 Å². The van der Waals surface area contributed by atoms with Crippen LogP contribution in [0, 0.1) is 0 Å². The number of nitrogens with zero attached hydrogens (tertiary/aromatic N) is 5. The highest BCUT2D eigenvalue weighted by atomic mass is 79.9. The molecule has 5 aromatic rings. The highest BCUT2D eigenvalue weighted by molar-refractivity contribution is 9.10. The van der Waals surface area contributed by atoms with Gasteiger partial charge in [-0.2, -0.15) is 0 Å². The number of hydrogen-bond acceptors (Lipinski definition) is 6. The second-order valence-electron chi connectivity index (χ2n) is 7.77. The van der Waals surface area contributed by atoms with Crippen molar-refractivity contribution in [1.82, 2.24) is 24.1 Å². The lowest BCUT2D eigenvalue weighted by atomic mass is 10.1. The summed E-state index contributed by atoms with van der Waals surface area (Å²) in [5.74, 6) is 2.14. The van der Waals surface area contributed by atoms with E-state index in [0.717, 1.165) is 32.5 Å². The van der Waals surface area contributed by atoms with Gasteiger partial charge in [0.25, 0.3) is 5.56 Å². The highest BCUT2D eigenvalue weighted by Gasteiger charge is 2.16. The molecule has 0 radical (unpaired) electrons. The van der Waals surface area contributed by atoms with Gasteiger partial charge in [-0.3, -0.25) is 13.8 Å². The van der Waals surface area contributed by atoms with E-state index in [1.807, 2.05) is 61.5 Å². The predicted octanol–water partition coefficient (Wildman–Crippen LogP) is 5.32. The van der Waals surface area contributed by atoms with Crippen molar-refractivity contribution in [3.05, 3.63) is 111 Å². The fourth-order valence-corrected chi connectivity index (χ4v) is 4.94. The third kappa shape index (κ3) is 5.31. The van der Waals surface area contributed by atoms with Gasteiger partial charge in [0.2, 0.25) is 0 Å². The maximum Gasteiger partial charge on any atom is 0.258 e. The second-order valence-corrected chi connectivity index (χ2v) is 9.63. The number of fused-ring (bicyclic) bond motifs is 1. The molecule has 0 amide bonds. The van der Waals surface area contributed by atoms with Gasteiger partial charge in [-0.05, 0) is 64.8 Å². The van der Waals surface area contributed by atoms with Crippen LogP contribution in [0.15, 0.2) is 93.4 Å². The summed E-state index contributed by atoms with van der Waals surface area (Å²) in [5, 5.41) is 9.73. The van der Waals surface area contributed by atoms with Crippen LogP contribution in [0.25, 0.3) is 11.3 Å². The van der Waals surface area contributed by atoms with E-state index in [-0.39, 0.29) is 5.56 Å². The van der Waals surface area contributed by atoms with Gasteiger partial charge in [0.05, 0.1) is 12.3 Å². The largest absolute Gasteiger partial charge is 0.494 e. The van der Waals surface area contributed by atoms with Gasteiger partial charge in [0.1, 0.15) is 17.2 Å². The Balaban J connectivity index is 1.47. The van der Waals surface area contributed by atoms with Crippen LogP contribution in [0.3, 0.4) is 0 Å². The zero-order chi connectivity index (χ0) is 24.2. The van der Waals surface area contributed by atoms with Crippen LogP contribution in [0.4, 0.5) is 0 Å². The number of ether oxygens (including phenoxy) is 1. The maximum atomic E-state index is 12.6. The van der Waals surface area contributed by atoms with Crippen LogP contribution >= 0.6 is 27.7 Å². The minimum atomic E-state index is -0.121. The number of thioether (sulfide) groups is 1. The molecule has 0 bridgehead atoms. The Hall–Kier alpha value is -3.43. The number of benzene rings is 2. The minimum absolute atomic E-state index is 0.121. The van der Waals surface area contributed by atoms with Gasteiger partial charge < -0.3 is 4.74 Å². The van der Waals surface area contributed by atoms with E-state index in [2.05, 4.69) is 47.8 Å². The molecule has 0 saturated carbocycles. The van der Waals surface area contributed by atoms with Crippen molar-refractivity contribution in [2.45, 2.75) is 24.3 Å². The first kappa shape index (κ1) is 23.3. The summed E-state index contributed by atoms with van der Waals surface area (Å²) in [6.07, 6.45) is 2.37. The van der Waals surface area contributed by atoms with Gasteiger partial charge in [0, 0.05) is 34.6 Å². The van der Waals surface area contributed by atoms with Gasteiger partial charge in [-0.15, -0.1) is 10.2 Å². The normalized spacial score (nSPS) is 11.1. The molecule has 2 aromatic carbocycles. The van der Waals surface area contributed by atoms with E-state index in [0.29, 0.717) is 30.1 Å². The monoisotopic (exact) mass is 547 g/mol. The number of hydrogen-bond donors (Lipinski definition) is 0. The van der Waals surface area contributed by atoms with Crippen molar-refractivity contribution in [2.75, 3.05) is 6.61 Å². The summed E-state index contributed by atoms with van der Waals surface area (Å²) < 4.78 is 10.0. The van der Waals surface area contributed by atoms with Gasteiger partial charge in [-0.25, -0.2) is 4.98 Å². The van der Waals surface area contributed by atoms with Crippen molar-refractivity contribution in [2.24, 2.45) is 0 Å². The summed E-state index contributed by atoms with van der Waals surface area (Å²) in [7, 11) is 0. The Morgan fingerprint density at radius 1 is 1.00 bits per heavy atom. The molecule has 176 valence electrons. The second kappa shape index (κ2) is 10.5. The molecule has 9 heteroatoms.